The molecule has 1 saturated heterocycles. The highest BCUT2D eigenvalue weighted by atomic mass is 19.1. The Balaban J connectivity index is 1.36. The Bertz CT molecular complexity index is 1410. The van der Waals surface area contributed by atoms with E-state index in [1.165, 1.54) is 6.07 Å². The molecular formula is C27H25F2N5O2. The summed E-state index contributed by atoms with van der Waals surface area (Å²) in [5.41, 5.74) is 1.67. The van der Waals surface area contributed by atoms with Crippen LogP contribution in [-0.2, 0) is 0 Å². The summed E-state index contributed by atoms with van der Waals surface area (Å²) in [6.07, 6.45) is 0. The number of carbonyl (C=O) groups is 1. The molecule has 1 aliphatic rings. The number of amides is 2. The second-order valence-corrected chi connectivity index (χ2v) is 8.69. The van der Waals surface area contributed by atoms with Gasteiger partial charge in [0.15, 0.2) is 5.82 Å². The van der Waals surface area contributed by atoms with E-state index >= 15 is 0 Å². The van der Waals surface area contributed by atoms with Crippen LogP contribution in [0.25, 0.3) is 22.0 Å². The molecule has 1 aliphatic heterocycles. The van der Waals surface area contributed by atoms with Crippen molar-refractivity contribution in [2.24, 2.45) is 0 Å². The Morgan fingerprint density at radius 3 is 2.44 bits per heavy atom. The van der Waals surface area contributed by atoms with Crippen LogP contribution in [0.15, 0.2) is 66.7 Å². The van der Waals surface area contributed by atoms with E-state index in [4.69, 9.17) is 4.74 Å². The van der Waals surface area contributed by atoms with Crippen molar-refractivity contribution in [1.29, 1.82) is 0 Å². The summed E-state index contributed by atoms with van der Waals surface area (Å²) < 4.78 is 32.4. The molecule has 0 bridgehead atoms. The third-order valence-corrected chi connectivity index (χ3v) is 6.39. The molecule has 9 heteroatoms. The Kier molecular flexibility index (Phi) is 6.37. The van der Waals surface area contributed by atoms with Crippen molar-refractivity contribution >= 4 is 28.3 Å². The van der Waals surface area contributed by atoms with Crippen LogP contribution in [-0.4, -0.2) is 53.9 Å². The smallest absolute Gasteiger partial charge is 0.322 e. The van der Waals surface area contributed by atoms with Gasteiger partial charge in [0.05, 0.1) is 12.8 Å². The largest absolute Gasteiger partial charge is 0.497 e. The van der Waals surface area contributed by atoms with Gasteiger partial charge in [-0.15, -0.1) is 10.2 Å². The van der Waals surface area contributed by atoms with Crippen LogP contribution in [0, 0.1) is 11.6 Å². The van der Waals surface area contributed by atoms with Gasteiger partial charge in [0.25, 0.3) is 0 Å². The molecule has 2 amide bonds. The van der Waals surface area contributed by atoms with Crippen LogP contribution >= 0.6 is 0 Å². The molecule has 2 heterocycles. The molecule has 0 aliphatic carbocycles. The molecule has 7 nitrogen and oxygen atoms in total. The quantitative estimate of drug-likeness (QED) is 0.420. The Labute approximate surface area is 207 Å². The normalized spacial score (nSPS) is 15.7. The number of nitrogens with one attached hydrogen (secondary N) is 1. The number of carbonyl (C=O) groups excluding carboxylic acids is 1. The van der Waals surface area contributed by atoms with Gasteiger partial charge in [-0.2, -0.15) is 0 Å². The number of nitrogens with zero attached hydrogens (tertiary/aromatic N) is 4. The number of hydrogen-bond donors (Lipinski definition) is 1. The molecule has 0 unspecified atom stereocenters. The topological polar surface area (TPSA) is 70.6 Å². The minimum atomic E-state index is -0.812. The molecule has 4 aromatic rings. The lowest BCUT2D eigenvalue weighted by atomic mass is 10.0. The minimum Gasteiger partial charge on any atom is -0.497 e. The third-order valence-electron chi connectivity index (χ3n) is 6.39. The summed E-state index contributed by atoms with van der Waals surface area (Å²) >= 11 is 0. The predicted octanol–water partition coefficient (Wildman–Crippen LogP) is 5.33. The van der Waals surface area contributed by atoms with E-state index in [0.29, 0.717) is 19.6 Å². The fourth-order valence-electron chi connectivity index (χ4n) is 4.51. The molecule has 1 N–H and O–H groups in total. The maximum atomic E-state index is 14.0. The number of urea groups is 1. The number of ether oxygens (including phenoxy) is 1. The third kappa shape index (κ3) is 4.51. The summed E-state index contributed by atoms with van der Waals surface area (Å²) in [7, 11) is 1.63. The van der Waals surface area contributed by atoms with E-state index in [1.807, 2.05) is 55.5 Å². The summed E-state index contributed by atoms with van der Waals surface area (Å²) in [4.78, 5) is 16.6. The molecule has 0 saturated carbocycles. The molecule has 36 heavy (non-hydrogen) atoms. The standard InChI is InChI=1S/C27H25F2N5O2/c1-17-16-33(13-14-34(17)27(35)30-24-12-9-19(28)15-23(24)29)26-22-6-4-3-5-21(22)25(31-32-26)18-7-10-20(36-2)11-8-18/h3-12,15,17H,13-14,16H2,1-2H3,(H,30,35)/t17-/m0/s1. The van der Waals surface area contributed by atoms with Gasteiger partial charge in [-0.25, -0.2) is 13.6 Å². The van der Waals surface area contributed by atoms with Gasteiger partial charge in [-0.05, 0) is 43.3 Å². The van der Waals surface area contributed by atoms with Crippen molar-refractivity contribution in [1.82, 2.24) is 15.1 Å². The highest BCUT2D eigenvalue weighted by Crippen LogP contribution is 2.33. The summed E-state index contributed by atoms with van der Waals surface area (Å²) in [6, 6.07) is 18.2. The molecule has 1 atom stereocenters. The fourth-order valence-corrected chi connectivity index (χ4v) is 4.51. The number of fused-ring (bicyclic) bond motifs is 1. The summed E-state index contributed by atoms with van der Waals surface area (Å²) in [6.45, 7) is 3.39. The first kappa shape index (κ1) is 23.5. The number of methoxy groups -OCH3 is 1. The van der Waals surface area contributed by atoms with E-state index in [2.05, 4.69) is 20.4 Å². The number of aromatic nitrogens is 2. The van der Waals surface area contributed by atoms with Gasteiger partial charge < -0.3 is 19.9 Å². The Hall–Kier alpha value is -4.27. The number of hydrogen-bond acceptors (Lipinski definition) is 5. The van der Waals surface area contributed by atoms with Crippen LogP contribution < -0.4 is 15.0 Å². The number of anilines is 2. The lowest BCUT2D eigenvalue weighted by Crippen LogP contribution is -2.55. The minimum absolute atomic E-state index is 0.0537. The Morgan fingerprint density at radius 2 is 1.75 bits per heavy atom. The van der Waals surface area contributed by atoms with E-state index in [9.17, 15) is 13.6 Å². The van der Waals surface area contributed by atoms with Crippen LogP contribution in [0.3, 0.4) is 0 Å². The second-order valence-electron chi connectivity index (χ2n) is 8.69. The fraction of sp³-hybridized carbons (Fsp3) is 0.222. The highest BCUT2D eigenvalue weighted by molar-refractivity contribution is 6.00. The van der Waals surface area contributed by atoms with Crippen molar-refractivity contribution in [3.05, 3.63) is 78.4 Å². The molecule has 0 spiro atoms. The van der Waals surface area contributed by atoms with Crippen LogP contribution in [0.4, 0.5) is 25.1 Å². The van der Waals surface area contributed by atoms with E-state index in [1.54, 1.807) is 12.0 Å². The maximum Gasteiger partial charge on any atom is 0.322 e. The van der Waals surface area contributed by atoms with Gasteiger partial charge in [-0.3, -0.25) is 0 Å². The second kappa shape index (κ2) is 9.77. The van der Waals surface area contributed by atoms with E-state index in [-0.39, 0.29) is 11.7 Å². The molecule has 3 aromatic carbocycles. The van der Waals surface area contributed by atoms with Gasteiger partial charge in [-0.1, -0.05) is 24.3 Å². The molecular weight excluding hydrogens is 464 g/mol. The van der Waals surface area contributed by atoms with Gasteiger partial charge in [0.2, 0.25) is 0 Å². The first-order valence-corrected chi connectivity index (χ1v) is 11.6. The van der Waals surface area contributed by atoms with Gasteiger partial charge in [0.1, 0.15) is 23.1 Å². The zero-order valence-corrected chi connectivity index (χ0v) is 19.9. The van der Waals surface area contributed by atoms with E-state index in [0.717, 1.165) is 45.7 Å². The average Bonchev–Trinajstić information content (AvgIpc) is 2.89. The van der Waals surface area contributed by atoms with Crippen LogP contribution in [0.2, 0.25) is 0 Å². The zero-order valence-electron chi connectivity index (χ0n) is 19.9. The number of piperazine rings is 1. The first-order chi connectivity index (χ1) is 17.4. The van der Waals surface area contributed by atoms with E-state index < -0.39 is 17.7 Å². The lowest BCUT2D eigenvalue weighted by Gasteiger charge is -2.40. The zero-order chi connectivity index (χ0) is 25.2. The number of benzene rings is 3. The van der Waals surface area contributed by atoms with Crippen LogP contribution in [0.1, 0.15) is 6.92 Å². The number of halogens is 2. The lowest BCUT2D eigenvalue weighted by molar-refractivity contribution is 0.184. The number of rotatable bonds is 4. The van der Waals surface area contributed by atoms with Crippen molar-refractivity contribution in [3.63, 3.8) is 0 Å². The predicted molar refractivity (Wildman–Crippen MR) is 135 cm³/mol. The highest BCUT2D eigenvalue weighted by Gasteiger charge is 2.30. The molecule has 1 aromatic heterocycles. The molecule has 0 radical (unpaired) electrons. The SMILES string of the molecule is COc1ccc(-c2nnc(N3CCN(C(=O)Nc4ccc(F)cc4F)[C@@H](C)C3)c3ccccc23)cc1. The first-order valence-electron chi connectivity index (χ1n) is 11.6. The van der Waals surface area contributed by atoms with Crippen molar-refractivity contribution in [3.8, 4) is 17.0 Å². The maximum absolute atomic E-state index is 14.0. The monoisotopic (exact) mass is 489 g/mol. The van der Waals surface area contributed by atoms with Crippen molar-refractivity contribution in [2.75, 3.05) is 37.0 Å². The van der Waals surface area contributed by atoms with Gasteiger partial charge in [0, 0.05) is 48.1 Å². The average molecular weight is 490 g/mol. The summed E-state index contributed by atoms with van der Waals surface area (Å²) in [5, 5.41) is 13.6. The molecule has 184 valence electrons. The summed E-state index contributed by atoms with van der Waals surface area (Å²) in [5.74, 6) is 0.0113. The molecule has 1 fully saturated rings. The van der Waals surface area contributed by atoms with Gasteiger partial charge >= 0.3 is 6.03 Å². The van der Waals surface area contributed by atoms with Crippen molar-refractivity contribution in [2.45, 2.75) is 13.0 Å². The Morgan fingerprint density at radius 1 is 1.00 bits per heavy atom. The molecule has 5 rings (SSSR count). The van der Waals surface area contributed by atoms with Crippen LogP contribution in [0.5, 0.6) is 5.75 Å². The van der Waals surface area contributed by atoms with Crippen molar-refractivity contribution < 1.29 is 18.3 Å².